The quantitative estimate of drug-likeness (QED) is 0.581. The standard InChI is InChI=1S/C24H26N4O/c29-24(26-20-10-6-1-2-7-11-20)19-12-14-21(15-13-19)25-23-17-16-22(27-28-23)18-8-4-3-5-9-18/h3-5,8-9,12-17,20H,1-2,6-7,10-11H2,(H,25,28)(H,26,29). The zero-order valence-corrected chi connectivity index (χ0v) is 16.5. The molecule has 0 spiro atoms. The summed E-state index contributed by atoms with van der Waals surface area (Å²) in [6.07, 6.45) is 7.14. The van der Waals surface area contributed by atoms with E-state index in [1.54, 1.807) is 0 Å². The number of nitrogens with one attached hydrogen (secondary N) is 2. The first kappa shape index (κ1) is 19.1. The van der Waals surface area contributed by atoms with Crippen LogP contribution >= 0.6 is 0 Å². The number of anilines is 2. The summed E-state index contributed by atoms with van der Waals surface area (Å²) in [4.78, 5) is 12.5. The summed E-state index contributed by atoms with van der Waals surface area (Å²) in [5.41, 5.74) is 3.43. The van der Waals surface area contributed by atoms with E-state index in [1.807, 2.05) is 66.7 Å². The van der Waals surface area contributed by atoms with Crippen LogP contribution in [0.5, 0.6) is 0 Å². The molecule has 0 unspecified atom stereocenters. The van der Waals surface area contributed by atoms with E-state index in [4.69, 9.17) is 0 Å². The Kier molecular flexibility index (Phi) is 6.15. The minimum Gasteiger partial charge on any atom is -0.349 e. The van der Waals surface area contributed by atoms with Crippen molar-refractivity contribution in [3.8, 4) is 11.3 Å². The molecule has 148 valence electrons. The first-order chi connectivity index (χ1) is 14.3. The summed E-state index contributed by atoms with van der Waals surface area (Å²) in [6, 6.07) is 21.6. The Morgan fingerprint density at radius 1 is 0.793 bits per heavy atom. The molecule has 0 aliphatic heterocycles. The summed E-state index contributed by atoms with van der Waals surface area (Å²) in [5, 5.41) is 15.0. The van der Waals surface area contributed by atoms with Crippen LogP contribution in [0.25, 0.3) is 11.3 Å². The SMILES string of the molecule is O=C(NC1CCCCCC1)c1ccc(Nc2ccc(-c3ccccc3)nn2)cc1. The minimum atomic E-state index is 0.00968. The molecule has 1 aromatic heterocycles. The van der Waals surface area contributed by atoms with Crippen LogP contribution in [0.4, 0.5) is 11.5 Å². The lowest BCUT2D eigenvalue weighted by Crippen LogP contribution is -2.34. The van der Waals surface area contributed by atoms with Crippen LogP contribution in [-0.2, 0) is 0 Å². The topological polar surface area (TPSA) is 66.9 Å². The van der Waals surface area contributed by atoms with Gasteiger partial charge in [0, 0.05) is 22.9 Å². The fraction of sp³-hybridized carbons (Fsp3) is 0.292. The summed E-state index contributed by atoms with van der Waals surface area (Å²) < 4.78 is 0. The Balaban J connectivity index is 1.36. The number of benzene rings is 2. The van der Waals surface area contributed by atoms with Crippen LogP contribution in [0.15, 0.2) is 66.7 Å². The van der Waals surface area contributed by atoms with E-state index in [-0.39, 0.29) is 5.91 Å². The van der Waals surface area contributed by atoms with Crippen LogP contribution in [0.2, 0.25) is 0 Å². The van der Waals surface area contributed by atoms with Gasteiger partial charge in [-0.15, -0.1) is 10.2 Å². The fourth-order valence-corrected chi connectivity index (χ4v) is 3.71. The Hall–Kier alpha value is -3.21. The van der Waals surface area contributed by atoms with Gasteiger partial charge in [-0.25, -0.2) is 0 Å². The Morgan fingerprint density at radius 2 is 1.52 bits per heavy atom. The lowest BCUT2D eigenvalue weighted by molar-refractivity contribution is 0.0933. The summed E-state index contributed by atoms with van der Waals surface area (Å²) >= 11 is 0. The van der Waals surface area contributed by atoms with Crippen molar-refractivity contribution in [3.63, 3.8) is 0 Å². The third kappa shape index (κ3) is 5.19. The molecule has 2 N–H and O–H groups in total. The second kappa shape index (κ2) is 9.32. The highest BCUT2D eigenvalue weighted by Gasteiger charge is 2.15. The number of hydrogen-bond acceptors (Lipinski definition) is 4. The fourth-order valence-electron chi connectivity index (χ4n) is 3.71. The Morgan fingerprint density at radius 3 is 2.17 bits per heavy atom. The highest BCUT2D eigenvalue weighted by Crippen LogP contribution is 2.20. The summed E-state index contributed by atoms with van der Waals surface area (Å²) in [6.45, 7) is 0. The predicted octanol–water partition coefficient (Wildman–Crippen LogP) is 5.34. The van der Waals surface area contributed by atoms with Crippen molar-refractivity contribution in [2.45, 2.75) is 44.6 Å². The van der Waals surface area contributed by atoms with Crippen LogP contribution in [0, 0.1) is 0 Å². The van der Waals surface area contributed by atoms with E-state index in [2.05, 4.69) is 20.8 Å². The van der Waals surface area contributed by atoms with Crippen molar-refractivity contribution in [1.82, 2.24) is 15.5 Å². The van der Waals surface area contributed by atoms with E-state index in [0.29, 0.717) is 17.4 Å². The van der Waals surface area contributed by atoms with Gasteiger partial charge < -0.3 is 10.6 Å². The molecule has 29 heavy (non-hydrogen) atoms. The lowest BCUT2D eigenvalue weighted by atomic mass is 10.1. The molecule has 2 aromatic carbocycles. The third-order valence-electron chi connectivity index (χ3n) is 5.34. The number of nitrogens with zero attached hydrogens (tertiary/aromatic N) is 2. The van der Waals surface area contributed by atoms with Gasteiger partial charge >= 0.3 is 0 Å². The highest BCUT2D eigenvalue weighted by molar-refractivity contribution is 5.94. The predicted molar refractivity (Wildman–Crippen MR) is 116 cm³/mol. The van der Waals surface area contributed by atoms with Crippen LogP contribution in [-0.4, -0.2) is 22.1 Å². The Bertz CT molecular complexity index is 915. The Labute approximate surface area is 171 Å². The van der Waals surface area contributed by atoms with Gasteiger partial charge in [0.25, 0.3) is 5.91 Å². The summed E-state index contributed by atoms with van der Waals surface area (Å²) in [5.74, 6) is 0.677. The molecule has 1 aliphatic carbocycles. The van der Waals surface area contributed by atoms with Gasteiger partial charge in [0.1, 0.15) is 0 Å². The molecule has 0 saturated heterocycles. The molecule has 0 radical (unpaired) electrons. The maximum Gasteiger partial charge on any atom is 0.251 e. The normalized spacial score (nSPS) is 14.8. The molecule has 1 amide bonds. The molecule has 1 saturated carbocycles. The number of carbonyl (C=O) groups excluding carboxylic acids is 1. The molecule has 1 aliphatic rings. The first-order valence-electron chi connectivity index (χ1n) is 10.3. The molecule has 4 rings (SSSR count). The molecular weight excluding hydrogens is 360 g/mol. The maximum atomic E-state index is 12.5. The molecule has 3 aromatic rings. The second-order valence-corrected chi connectivity index (χ2v) is 7.53. The van der Waals surface area contributed by atoms with Gasteiger partial charge in [-0.05, 0) is 49.2 Å². The molecule has 1 fully saturated rings. The number of hydrogen-bond donors (Lipinski definition) is 2. The molecule has 5 nitrogen and oxygen atoms in total. The lowest BCUT2D eigenvalue weighted by Gasteiger charge is -2.16. The molecule has 0 atom stereocenters. The van der Waals surface area contributed by atoms with E-state index in [9.17, 15) is 4.79 Å². The van der Waals surface area contributed by atoms with E-state index in [1.165, 1.54) is 25.7 Å². The van der Waals surface area contributed by atoms with Gasteiger partial charge in [-0.1, -0.05) is 56.0 Å². The van der Waals surface area contributed by atoms with Gasteiger partial charge in [0.2, 0.25) is 0 Å². The number of carbonyl (C=O) groups is 1. The van der Waals surface area contributed by atoms with Crippen LogP contribution in [0.1, 0.15) is 48.9 Å². The number of rotatable bonds is 5. The van der Waals surface area contributed by atoms with Crippen molar-refractivity contribution >= 4 is 17.4 Å². The third-order valence-corrected chi connectivity index (χ3v) is 5.34. The van der Waals surface area contributed by atoms with Gasteiger partial charge in [0.05, 0.1) is 5.69 Å². The molecular formula is C24H26N4O. The van der Waals surface area contributed by atoms with Crippen LogP contribution < -0.4 is 10.6 Å². The average molecular weight is 386 g/mol. The van der Waals surface area contributed by atoms with Crippen molar-refractivity contribution in [2.24, 2.45) is 0 Å². The van der Waals surface area contributed by atoms with Crippen molar-refractivity contribution in [1.29, 1.82) is 0 Å². The zero-order chi connectivity index (χ0) is 19.9. The van der Waals surface area contributed by atoms with Crippen molar-refractivity contribution in [2.75, 3.05) is 5.32 Å². The summed E-state index contributed by atoms with van der Waals surface area (Å²) in [7, 11) is 0. The molecule has 5 heteroatoms. The molecule has 0 bridgehead atoms. The highest BCUT2D eigenvalue weighted by atomic mass is 16.1. The van der Waals surface area contributed by atoms with Gasteiger partial charge in [0.15, 0.2) is 5.82 Å². The van der Waals surface area contributed by atoms with Crippen LogP contribution in [0.3, 0.4) is 0 Å². The monoisotopic (exact) mass is 386 g/mol. The van der Waals surface area contributed by atoms with Gasteiger partial charge in [-0.3, -0.25) is 4.79 Å². The second-order valence-electron chi connectivity index (χ2n) is 7.53. The van der Waals surface area contributed by atoms with E-state index in [0.717, 1.165) is 29.8 Å². The maximum absolute atomic E-state index is 12.5. The van der Waals surface area contributed by atoms with Crippen molar-refractivity contribution < 1.29 is 4.79 Å². The first-order valence-corrected chi connectivity index (χ1v) is 10.3. The smallest absolute Gasteiger partial charge is 0.251 e. The zero-order valence-electron chi connectivity index (χ0n) is 16.5. The van der Waals surface area contributed by atoms with E-state index >= 15 is 0 Å². The molecule has 1 heterocycles. The minimum absolute atomic E-state index is 0.00968. The largest absolute Gasteiger partial charge is 0.349 e. The average Bonchev–Trinajstić information content (AvgIpc) is 3.04. The van der Waals surface area contributed by atoms with E-state index < -0.39 is 0 Å². The number of amides is 1. The van der Waals surface area contributed by atoms with Gasteiger partial charge in [-0.2, -0.15) is 0 Å². The van der Waals surface area contributed by atoms with Crippen molar-refractivity contribution in [3.05, 3.63) is 72.3 Å². The number of aromatic nitrogens is 2.